The van der Waals surface area contributed by atoms with Crippen molar-refractivity contribution in [1.82, 2.24) is 10.1 Å². The first kappa shape index (κ1) is 12.5. The Bertz CT molecular complexity index is 665. The van der Waals surface area contributed by atoms with Crippen LogP contribution < -0.4 is 0 Å². The van der Waals surface area contributed by atoms with Crippen molar-refractivity contribution in [2.75, 3.05) is 7.11 Å². The fourth-order valence-corrected chi connectivity index (χ4v) is 3.81. The molecule has 0 saturated heterocycles. The highest BCUT2D eigenvalue weighted by molar-refractivity contribution is 9.10. The molecule has 1 spiro atoms. The van der Waals surface area contributed by atoms with Gasteiger partial charge < -0.3 is 9.26 Å². The highest BCUT2D eigenvalue weighted by atomic mass is 79.9. The Morgan fingerprint density at radius 3 is 2.90 bits per heavy atom. The van der Waals surface area contributed by atoms with Gasteiger partial charge in [0.25, 0.3) is 0 Å². The van der Waals surface area contributed by atoms with Gasteiger partial charge in [-0.15, -0.1) is 0 Å². The number of nitrogens with zero attached hydrogens (tertiary/aromatic N) is 2. The standard InChI is InChI=1S/C15H15BrN2O2/c1-19-15(11-3-2-4-12(16)18-11)7-10-8-17-20-13(10)14(9-15)5-6-14/h2-4,8H,5-7,9H2,1H3. The average molecular weight is 335 g/mol. The van der Waals surface area contributed by atoms with Gasteiger partial charge in [-0.05, 0) is 47.3 Å². The van der Waals surface area contributed by atoms with Gasteiger partial charge in [0.15, 0.2) is 0 Å². The third-order valence-corrected chi connectivity index (χ3v) is 5.09. The molecule has 2 aromatic heterocycles. The van der Waals surface area contributed by atoms with Gasteiger partial charge in [-0.25, -0.2) is 4.98 Å². The number of pyridine rings is 1. The van der Waals surface area contributed by atoms with E-state index in [4.69, 9.17) is 9.26 Å². The van der Waals surface area contributed by atoms with Crippen molar-refractivity contribution in [2.24, 2.45) is 0 Å². The van der Waals surface area contributed by atoms with E-state index in [9.17, 15) is 0 Å². The molecule has 1 saturated carbocycles. The summed E-state index contributed by atoms with van der Waals surface area (Å²) in [5, 5.41) is 3.99. The van der Waals surface area contributed by atoms with Gasteiger partial charge >= 0.3 is 0 Å². The highest BCUT2D eigenvalue weighted by Crippen LogP contribution is 2.60. The number of halogens is 1. The van der Waals surface area contributed by atoms with E-state index >= 15 is 0 Å². The maximum atomic E-state index is 5.97. The summed E-state index contributed by atoms with van der Waals surface area (Å²) in [5.74, 6) is 1.07. The molecule has 1 fully saturated rings. The second-order valence-corrected chi connectivity index (χ2v) is 6.67. The van der Waals surface area contributed by atoms with Crippen LogP contribution in [0.25, 0.3) is 0 Å². The zero-order valence-corrected chi connectivity index (χ0v) is 12.8. The molecule has 20 heavy (non-hydrogen) atoms. The summed E-state index contributed by atoms with van der Waals surface area (Å²) in [5.41, 5.74) is 1.88. The Morgan fingerprint density at radius 1 is 1.35 bits per heavy atom. The van der Waals surface area contributed by atoms with Crippen LogP contribution in [0.15, 0.2) is 33.5 Å². The van der Waals surface area contributed by atoms with Crippen LogP contribution in [0, 0.1) is 0 Å². The molecular formula is C15H15BrN2O2. The third kappa shape index (κ3) is 1.69. The Labute approximate surface area is 125 Å². The van der Waals surface area contributed by atoms with Crippen LogP contribution in [0.3, 0.4) is 0 Å². The van der Waals surface area contributed by atoms with Gasteiger partial charge in [-0.3, -0.25) is 0 Å². The van der Waals surface area contributed by atoms with E-state index in [0.717, 1.165) is 47.3 Å². The van der Waals surface area contributed by atoms with Crippen LogP contribution in [0.5, 0.6) is 0 Å². The Morgan fingerprint density at radius 2 is 2.20 bits per heavy atom. The molecule has 0 aliphatic heterocycles. The lowest BCUT2D eigenvalue weighted by molar-refractivity contribution is -0.0428. The molecule has 2 aromatic rings. The van der Waals surface area contributed by atoms with E-state index in [-0.39, 0.29) is 11.0 Å². The number of methoxy groups -OCH3 is 1. The first-order chi connectivity index (χ1) is 9.67. The van der Waals surface area contributed by atoms with Gasteiger partial charge in [-0.1, -0.05) is 11.2 Å². The van der Waals surface area contributed by atoms with Crippen LogP contribution in [0.2, 0.25) is 0 Å². The number of ether oxygens (including phenoxy) is 1. The van der Waals surface area contributed by atoms with Crippen LogP contribution >= 0.6 is 15.9 Å². The molecule has 2 aliphatic rings. The zero-order valence-electron chi connectivity index (χ0n) is 11.2. The molecule has 104 valence electrons. The lowest BCUT2D eigenvalue weighted by Gasteiger charge is -2.38. The summed E-state index contributed by atoms with van der Waals surface area (Å²) in [7, 11) is 1.77. The number of hydrogen-bond acceptors (Lipinski definition) is 4. The van der Waals surface area contributed by atoms with Crippen LogP contribution in [0.1, 0.15) is 36.3 Å². The van der Waals surface area contributed by atoms with Crippen molar-refractivity contribution in [3.63, 3.8) is 0 Å². The minimum absolute atomic E-state index is 0.115. The highest BCUT2D eigenvalue weighted by Gasteiger charge is 2.58. The number of rotatable bonds is 2. The predicted octanol–water partition coefficient (Wildman–Crippen LogP) is 3.35. The maximum absolute atomic E-state index is 5.97. The Hall–Kier alpha value is -1.20. The molecule has 0 radical (unpaired) electrons. The molecule has 2 heterocycles. The molecular weight excluding hydrogens is 320 g/mol. The molecule has 5 heteroatoms. The third-order valence-electron chi connectivity index (χ3n) is 4.65. The minimum Gasteiger partial charge on any atom is -0.372 e. The summed E-state index contributed by atoms with van der Waals surface area (Å²) in [6.45, 7) is 0. The smallest absolute Gasteiger partial charge is 0.146 e. The lowest BCUT2D eigenvalue weighted by Crippen LogP contribution is -2.40. The zero-order chi connectivity index (χ0) is 13.8. The second kappa shape index (κ2) is 4.15. The van der Waals surface area contributed by atoms with Gasteiger partial charge in [0.2, 0.25) is 0 Å². The fraction of sp³-hybridized carbons (Fsp3) is 0.467. The van der Waals surface area contributed by atoms with Crippen molar-refractivity contribution in [3.05, 3.63) is 46.0 Å². The average Bonchev–Trinajstić information content (AvgIpc) is 3.04. The molecule has 0 bridgehead atoms. The van der Waals surface area contributed by atoms with Gasteiger partial charge in [-0.2, -0.15) is 0 Å². The van der Waals surface area contributed by atoms with E-state index in [1.165, 1.54) is 0 Å². The van der Waals surface area contributed by atoms with Crippen LogP contribution in [-0.4, -0.2) is 17.3 Å². The van der Waals surface area contributed by atoms with Crippen molar-refractivity contribution in [2.45, 2.75) is 36.7 Å². The maximum Gasteiger partial charge on any atom is 0.146 e. The molecule has 1 atom stereocenters. The number of fused-ring (bicyclic) bond motifs is 2. The Balaban J connectivity index is 1.84. The second-order valence-electron chi connectivity index (χ2n) is 5.86. The first-order valence-electron chi connectivity index (χ1n) is 6.80. The van der Waals surface area contributed by atoms with Crippen LogP contribution in [-0.2, 0) is 22.2 Å². The first-order valence-corrected chi connectivity index (χ1v) is 7.59. The summed E-state index contributed by atoms with van der Waals surface area (Å²) in [6, 6.07) is 5.99. The SMILES string of the molecule is COC1(c2cccc(Br)n2)Cc2cnoc2C2(CC2)C1. The monoisotopic (exact) mass is 334 g/mol. The Kier molecular flexibility index (Phi) is 2.60. The quantitative estimate of drug-likeness (QED) is 0.790. The molecule has 4 nitrogen and oxygen atoms in total. The van der Waals surface area contributed by atoms with Crippen molar-refractivity contribution in [1.29, 1.82) is 0 Å². The molecule has 0 aromatic carbocycles. The topological polar surface area (TPSA) is 48.2 Å². The number of hydrogen-bond donors (Lipinski definition) is 0. The van der Waals surface area contributed by atoms with Gasteiger partial charge in [0.05, 0.1) is 11.9 Å². The molecule has 2 aliphatic carbocycles. The summed E-state index contributed by atoms with van der Waals surface area (Å²) in [4.78, 5) is 4.63. The van der Waals surface area contributed by atoms with Gasteiger partial charge in [0, 0.05) is 24.5 Å². The summed E-state index contributed by atoms with van der Waals surface area (Å²) >= 11 is 3.45. The van der Waals surface area contributed by atoms with Crippen molar-refractivity contribution in [3.8, 4) is 0 Å². The minimum atomic E-state index is -0.376. The summed E-state index contributed by atoms with van der Waals surface area (Å²) < 4.78 is 12.3. The predicted molar refractivity (Wildman–Crippen MR) is 76.4 cm³/mol. The van der Waals surface area contributed by atoms with E-state index in [1.54, 1.807) is 7.11 Å². The molecule has 0 amide bonds. The lowest BCUT2D eigenvalue weighted by atomic mass is 9.73. The normalized spacial score (nSPS) is 26.5. The van der Waals surface area contributed by atoms with Crippen molar-refractivity contribution < 1.29 is 9.26 Å². The van der Waals surface area contributed by atoms with Crippen LogP contribution in [0.4, 0.5) is 0 Å². The molecule has 1 unspecified atom stereocenters. The van der Waals surface area contributed by atoms with E-state index in [0.29, 0.717) is 0 Å². The molecule has 0 N–H and O–H groups in total. The van der Waals surface area contributed by atoms with Gasteiger partial charge in [0.1, 0.15) is 16.0 Å². The largest absolute Gasteiger partial charge is 0.372 e. The summed E-state index contributed by atoms with van der Waals surface area (Å²) in [6.07, 6.45) is 5.82. The van der Waals surface area contributed by atoms with E-state index in [1.807, 2.05) is 24.4 Å². The van der Waals surface area contributed by atoms with E-state index < -0.39 is 0 Å². The fourth-order valence-electron chi connectivity index (χ4n) is 3.47. The van der Waals surface area contributed by atoms with E-state index in [2.05, 4.69) is 26.1 Å². The number of aromatic nitrogens is 2. The van der Waals surface area contributed by atoms with Crippen molar-refractivity contribution >= 4 is 15.9 Å². The molecule has 4 rings (SSSR count).